The van der Waals surface area contributed by atoms with Gasteiger partial charge in [0.2, 0.25) is 0 Å². The van der Waals surface area contributed by atoms with Gasteiger partial charge in [0.25, 0.3) is 5.91 Å². The molecule has 6 heteroatoms. The molecule has 1 aromatic rings. The quantitative estimate of drug-likeness (QED) is 0.502. The average Bonchev–Trinajstić information content (AvgIpc) is 2.75. The number of carbonyl (C=O) groups excluding carboxylic acids is 2. The van der Waals surface area contributed by atoms with Crippen LogP contribution in [-0.4, -0.2) is 38.7 Å². The summed E-state index contributed by atoms with van der Waals surface area (Å²) < 4.78 is 15.7. The van der Waals surface area contributed by atoms with E-state index in [4.69, 9.17) is 14.2 Å². The smallest absolute Gasteiger partial charge is 0.331 e. The van der Waals surface area contributed by atoms with Crippen molar-refractivity contribution in [2.24, 2.45) is 23.2 Å². The van der Waals surface area contributed by atoms with Gasteiger partial charge in [-0.2, -0.15) is 0 Å². The fourth-order valence-electron chi connectivity index (χ4n) is 6.46. The van der Waals surface area contributed by atoms with Crippen LogP contribution in [0, 0.1) is 23.2 Å². The fourth-order valence-corrected chi connectivity index (χ4v) is 6.46. The van der Waals surface area contributed by atoms with Crippen LogP contribution in [0.3, 0.4) is 0 Å². The molecule has 1 amide bonds. The molecule has 4 bridgehead atoms. The minimum absolute atomic E-state index is 0.115. The van der Waals surface area contributed by atoms with E-state index in [1.165, 1.54) is 44.6 Å². The lowest BCUT2D eigenvalue weighted by Crippen LogP contribution is -2.56. The van der Waals surface area contributed by atoms with Crippen LogP contribution in [0.5, 0.6) is 11.5 Å². The van der Waals surface area contributed by atoms with Gasteiger partial charge in [-0.05, 0) is 92.9 Å². The van der Waals surface area contributed by atoms with E-state index in [9.17, 15) is 9.59 Å². The van der Waals surface area contributed by atoms with Crippen LogP contribution < -0.4 is 14.8 Å². The Morgan fingerprint density at radius 3 is 2.32 bits per heavy atom. The Hall–Kier alpha value is -2.50. The van der Waals surface area contributed by atoms with Gasteiger partial charge >= 0.3 is 5.97 Å². The maximum absolute atomic E-state index is 12.5. The second kappa shape index (κ2) is 8.93. The molecular formula is C25H33NO5. The lowest BCUT2D eigenvalue weighted by Gasteiger charge is -2.59. The SMILES string of the molecule is COc1ccc(OC)c(/C=C/C(=O)OCC(=O)N[C@@H](C)C23CC4CC(CC(C4)C2)C3)c1. The Bertz CT molecular complexity index is 826. The molecule has 6 nitrogen and oxygen atoms in total. The van der Waals surface area contributed by atoms with E-state index < -0.39 is 5.97 Å². The molecule has 0 unspecified atom stereocenters. The Kier molecular flexibility index (Phi) is 6.26. The monoisotopic (exact) mass is 427 g/mol. The predicted molar refractivity (Wildman–Crippen MR) is 118 cm³/mol. The molecule has 1 atom stereocenters. The van der Waals surface area contributed by atoms with Gasteiger partial charge in [-0.25, -0.2) is 4.79 Å². The van der Waals surface area contributed by atoms with Crippen LogP contribution in [-0.2, 0) is 14.3 Å². The highest BCUT2D eigenvalue weighted by Gasteiger charge is 2.53. The maximum atomic E-state index is 12.5. The van der Waals surface area contributed by atoms with E-state index >= 15 is 0 Å². The summed E-state index contributed by atoms with van der Waals surface area (Å²) in [5.41, 5.74) is 0.927. The molecule has 0 radical (unpaired) electrons. The number of hydrogen-bond acceptors (Lipinski definition) is 5. The molecule has 168 valence electrons. The molecule has 5 rings (SSSR count). The summed E-state index contributed by atoms with van der Waals surface area (Å²) >= 11 is 0. The minimum Gasteiger partial charge on any atom is -0.497 e. The molecule has 0 saturated heterocycles. The van der Waals surface area contributed by atoms with Gasteiger partial charge in [0, 0.05) is 17.7 Å². The number of nitrogens with one attached hydrogen (secondary N) is 1. The van der Waals surface area contributed by atoms with E-state index in [0.29, 0.717) is 17.1 Å². The van der Waals surface area contributed by atoms with Crippen molar-refractivity contribution in [1.29, 1.82) is 0 Å². The summed E-state index contributed by atoms with van der Waals surface area (Å²) in [6.45, 7) is 1.86. The summed E-state index contributed by atoms with van der Waals surface area (Å²) in [6, 6.07) is 5.43. The van der Waals surface area contributed by atoms with Crippen molar-refractivity contribution in [3.05, 3.63) is 29.8 Å². The highest BCUT2D eigenvalue weighted by atomic mass is 16.5. The van der Waals surface area contributed by atoms with E-state index in [1.807, 2.05) is 0 Å². The first-order valence-electron chi connectivity index (χ1n) is 11.3. The summed E-state index contributed by atoms with van der Waals surface area (Å²) in [5.74, 6) is 2.98. The first-order chi connectivity index (χ1) is 14.9. The summed E-state index contributed by atoms with van der Waals surface area (Å²) in [4.78, 5) is 24.6. The lowest BCUT2D eigenvalue weighted by atomic mass is 9.48. The highest BCUT2D eigenvalue weighted by molar-refractivity contribution is 5.89. The van der Waals surface area contributed by atoms with Crippen molar-refractivity contribution in [1.82, 2.24) is 5.32 Å². The van der Waals surface area contributed by atoms with Gasteiger partial charge in [0.15, 0.2) is 6.61 Å². The number of rotatable bonds is 8. The summed E-state index contributed by atoms with van der Waals surface area (Å²) in [7, 11) is 3.14. The Morgan fingerprint density at radius 2 is 1.74 bits per heavy atom. The fraction of sp³-hybridized carbons (Fsp3) is 0.600. The zero-order valence-electron chi connectivity index (χ0n) is 18.7. The number of carbonyl (C=O) groups is 2. The lowest BCUT2D eigenvalue weighted by molar-refractivity contribution is -0.145. The molecular weight excluding hydrogens is 394 g/mol. The number of methoxy groups -OCH3 is 2. The number of hydrogen-bond donors (Lipinski definition) is 1. The molecule has 4 fully saturated rings. The van der Waals surface area contributed by atoms with Gasteiger partial charge in [0.05, 0.1) is 14.2 Å². The van der Waals surface area contributed by atoms with Crippen molar-refractivity contribution in [2.45, 2.75) is 51.5 Å². The standard InChI is InChI=1S/C25H33NO5/c1-16(25-12-17-8-18(13-25)10-19(9-17)14-25)26-23(27)15-31-24(28)7-4-20-11-21(29-2)5-6-22(20)30-3/h4-7,11,16-19H,8-10,12-15H2,1-3H3,(H,26,27)/b7-4+/t16-,17?,18?,19?,25?/m0/s1. The van der Waals surface area contributed by atoms with Gasteiger partial charge in [-0.3, -0.25) is 4.79 Å². The van der Waals surface area contributed by atoms with E-state index in [0.717, 1.165) is 17.8 Å². The molecule has 1 N–H and O–H groups in total. The zero-order chi connectivity index (χ0) is 22.0. The number of ether oxygens (including phenoxy) is 3. The Labute approximate surface area is 184 Å². The molecule has 1 aromatic carbocycles. The second-order valence-electron chi connectivity index (χ2n) is 9.62. The number of esters is 1. The first kappa shape index (κ1) is 21.7. The molecule has 4 saturated carbocycles. The molecule has 0 heterocycles. The zero-order valence-corrected chi connectivity index (χ0v) is 18.7. The average molecular weight is 428 g/mol. The summed E-state index contributed by atoms with van der Waals surface area (Å²) in [5, 5.41) is 3.12. The van der Waals surface area contributed by atoms with Gasteiger partial charge in [-0.1, -0.05) is 0 Å². The van der Waals surface area contributed by atoms with Crippen LogP contribution in [0.25, 0.3) is 6.08 Å². The normalized spacial score (nSPS) is 29.6. The van der Waals surface area contributed by atoms with E-state index in [2.05, 4.69) is 12.2 Å². The van der Waals surface area contributed by atoms with Gasteiger partial charge in [0.1, 0.15) is 11.5 Å². The van der Waals surface area contributed by atoms with Crippen molar-refractivity contribution >= 4 is 18.0 Å². The molecule has 4 aliphatic carbocycles. The van der Waals surface area contributed by atoms with Gasteiger partial charge < -0.3 is 19.5 Å². The van der Waals surface area contributed by atoms with E-state index in [-0.39, 0.29) is 24.0 Å². The topological polar surface area (TPSA) is 73.9 Å². The summed E-state index contributed by atoms with van der Waals surface area (Å²) in [6.07, 6.45) is 10.7. The highest BCUT2D eigenvalue weighted by Crippen LogP contribution is 2.61. The Balaban J connectivity index is 1.28. The van der Waals surface area contributed by atoms with Crippen LogP contribution in [0.2, 0.25) is 0 Å². The predicted octanol–water partition coefficient (Wildman–Crippen LogP) is 3.98. The number of benzene rings is 1. The second-order valence-corrected chi connectivity index (χ2v) is 9.62. The molecule has 4 aliphatic rings. The largest absolute Gasteiger partial charge is 0.497 e. The van der Waals surface area contributed by atoms with Crippen LogP contribution in [0.4, 0.5) is 0 Å². The van der Waals surface area contributed by atoms with E-state index in [1.54, 1.807) is 38.5 Å². The first-order valence-corrected chi connectivity index (χ1v) is 11.3. The van der Waals surface area contributed by atoms with Gasteiger partial charge in [-0.15, -0.1) is 0 Å². The molecule has 0 aliphatic heterocycles. The third kappa shape index (κ3) is 4.73. The van der Waals surface area contributed by atoms with Crippen molar-refractivity contribution in [2.75, 3.05) is 20.8 Å². The molecule has 31 heavy (non-hydrogen) atoms. The third-order valence-electron chi connectivity index (χ3n) is 7.56. The molecule has 0 aromatic heterocycles. The maximum Gasteiger partial charge on any atom is 0.331 e. The van der Waals surface area contributed by atoms with Crippen LogP contribution in [0.1, 0.15) is 51.0 Å². The molecule has 0 spiro atoms. The minimum atomic E-state index is -0.567. The van der Waals surface area contributed by atoms with Crippen molar-refractivity contribution in [3.63, 3.8) is 0 Å². The Morgan fingerprint density at radius 1 is 1.10 bits per heavy atom. The number of amides is 1. The van der Waals surface area contributed by atoms with Crippen LogP contribution >= 0.6 is 0 Å². The van der Waals surface area contributed by atoms with Crippen LogP contribution in [0.15, 0.2) is 24.3 Å². The van der Waals surface area contributed by atoms with Crippen molar-refractivity contribution in [3.8, 4) is 11.5 Å². The van der Waals surface area contributed by atoms with Crippen molar-refractivity contribution < 1.29 is 23.8 Å². The third-order valence-corrected chi connectivity index (χ3v) is 7.56.